The van der Waals surface area contributed by atoms with Gasteiger partial charge in [0, 0.05) is 80.6 Å². The first-order valence-electron chi connectivity index (χ1n) is 26.1. The number of hydrogen-bond donors (Lipinski definition) is 5. The summed E-state index contributed by atoms with van der Waals surface area (Å²) in [5.41, 5.74) is -3.37. The number of anilines is 1. The van der Waals surface area contributed by atoms with E-state index in [1.54, 1.807) is 35.4 Å². The molecule has 4 fully saturated rings. The number of halogens is 8. The van der Waals surface area contributed by atoms with Gasteiger partial charge in [0.15, 0.2) is 6.10 Å². The molecule has 4 aromatic rings. The standard InChI is InChI=1S/C54H63F8N11O8/c1-51(2,53(57,58)59)44(67-50(78)79-6)46(75)66-42(19-31-10-7-30(8-11-31)9-12-32-22-64-48(65-23-32)70-24-35-15-16-36(25-70)73(35)37-28-80-29-37)43(74)27-71(69-47(76)45(81-49(77)63-5)52(3,4)54(60,61)62)26-38-39(55)20-33(21-40(38)56)41-17-18-72(68-41)34-13-14-34/h7-8,10-11,17-18,20-23,34-37,42-45,74H,13-16,19,24-29H2,1-6H3,(H,63,77)(H,66,75)(H,67,78)(H,69,76)/t35-,36-,42-,43-,44+,45+/m0/s1. The lowest BCUT2D eigenvalue weighted by Gasteiger charge is -2.47. The van der Waals surface area contributed by atoms with Gasteiger partial charge in [-0.05, 0) is 95.7 Å². The molecule has 0 spiro atoms. The summed E-state index contributed by atoms with van der Waals surface area (Å²) in [5, 5.41) is 23.3. The van der Waals surface area contributed by atoms with Gasteiger partial charge in [-0.3, -0.25) is 24.6 Å². The molecule has 6 atom stereocenters. The molecular weight excluding hydrogens is 1080 g/mol. The highest BCUT2D eigenvalue weighted by Crippen LogP contribution is 2.43. The van der Waals surface area contributed by atoms with Gasteiger partial charge in [0.05, 0.1) is 61.2 Å². The van der Waals surface area contributed by atoms with Crippen molar-refractivity contribution in [2.24, 2.45) is 10.8 Å². The number of carbonyl (C=O) groups excluding carboxylic acids is 4. The van der Waals surface area contributed by atoms with Crippen LogP contribution in [0.2, 0.25) is 0 Å². The molecule has 2 aromatic heterocycles. The van der Waals surface area contributed by atoms with Gasteiger partial charge in [-0.25, -0.2) is 33.3 Å². The highest BCUT2D eigenvalue weighted by Gasteiger charge is 2.58. The van der Waals surface area contributed by atoms with Crippen LogP contribution in [0.3, 0.4) is 0 Å². The van der Waals surface area contributed by atoms with E-state index in [9.17, 15) is 50.6 Å². The van der Waals surface area contributed by atoms with Crippen molar-refractivity contribution in [2.75, 3.05) is 51.9 Å². The number of alkyl carbamates (subject to hydrolysis) is 2. The maximum absolute atomic E-state index is 16.2. The molecule has 5 N–H and O–H groups in total. The number of carbonyl (C=O) groups is 4. The fraction of sp³-hybridized carbons (Fsp3) is 0.537. The van der Waals surface area contributed by atoms with Crippen molar-refractivity contribution in [3.8, 4) is 23.1 Å². The molecule has 19 nitrogen and oxygen atoms in total. The first-order valence-corrected chi connectivity index (χ1v) is 26.1. The molecule has 1 saturated carbocycles. The molecule has 27 heteroatoms. The lowest BCUT2D eigenvalue weighted by Crippen LogP contribution is -2.62. The highest BCUT2D eigenvalue weighted by atomic mass is 19.4. The number of nitrogens with zero attached hydrogens (tertiary/aromatic N) is 7. The summed E-state index contributed by atoms with van der Waals surface area (Å²) in [6.45, 7) is 3.34. The number of amides is 4. The van der Waals surface area contributed by atoms with Crippen molar-refractivity contribution in [1.82, 2.24) is 51.0 Å². The molecule has 3 saturated heterocycles. The third-order valence-corrected chi connectivity index (χ3v) is 15.3. The Hall–Kier alpha value is -7.15. The van der Waals surface area contributed by atoms with Crippen LogP contribution in [-0.2, 0) is 36.8 Å². The van der Waals surface area contributed by atoms with Crippen LogP contribution < -0.4 is 26.3 Å². The average Bonchev–Trinajstić information content (AvgIpc) is 4.14. The molecule has 81 heavy (non-hydrogen) atoms. The van der Waals surface area contributed by atoms with Crippen LogP contribution in [0, 0.1) is 34.3 Å². The number of aliphatic hydroxyl groups excluding tert-OH is 1. The number of piperazine rings is 1. The SMILES string of the molecule is CNC(=O)O[C@H](C(=O)NN(Cc1c(F)cc(-c2ccn(C3CC3)n2)cc1F)C[C@H](O)[C@H](Cc1ccc(C#Cc2cnc(N3C[C@@H]4CC[C@@H](C3)N4C3COC3)nc2)cc1)NC(=O)[C@@H](NC(=O)OC)C(C)(C)C(F)(F)F)C(C)(C)C(F)(F)F. The Bertz CT molecular complexity index is 2940. The number of aromatic nitrogens is 4. The van der Waals surface area contributed by atoms with Crippen LogP contribution in [0.5, 0.6) is 0 Å². The van der Waals surface area contributed by atoms with Crippen LogP contribution in [0.1, 0.15) is 81.7 Å². The quantitative estimate of drug-likeness (QED) is 0.0417. The van der Waals surface area contributed by atoms with Crippen molar-refractivity contribution in [3.05, 3.63) is 94.9 Å². The lowest BCUT2D eigenvalue weighted by molar-refractivity contribution is -0.239. The van der Waals surface area contributed by atoms with Crippen molar-refractivity contribution in [2.45, 2.75) is 127 Å². The number of hydrazine groups is 1. The summed E-state index contributed by atoms with van der Waals surface area (Å²) >= 11 is 0. The fourth-order valence-electron chi connectivity index (χ4n) is 9.91. The first kappa shape index (κ1) is 60.0. The monoisotopic (exact) mass is 1150 g/mol. The number of ether oxygens (including phenoxy) is 3. The number of hydrogen-bond acceptors (Lipinski definition) is 14. The number of rotatable bonds is 19. The van der Waals surface area contributed by atoms with Crippen molar-refractivity contribution in [3.63, 3.8) is 0 Å². The van der Waals surface area contributed by atoms with Gasteiger partial charge < -0.3 is 40.2 Å². The second-order valence-corrected chi connectivity index (χ2v) is 21.8. The van der Waals surface area contributed by atoms with Crippen LogP contribution in [0.15, 0.2) is 61.1 Å². The van der Waals surface area contributed by atoms with E-state index in [0.717, 1.165) is 78.3 Å². The largest absolute Gasteiger partial charge is 0.453 e. The summed E-state index contributed by atoms with van der Waals surface area (Å²) in [5.74, 6) is 0.945. The molecule has 2 bridgehead atoms. The number of benzene rings is 2. The Morgan fingerprint density at radius 1 is 0.802 bits per heavy atom. The second kappa shape index (κ2) is 24.1. The van der Waals surface area contributed by atoms with Gasteiger partial charge in [0.1, 0.15) is 23.1 Å². The normalized spacial score (nSPS) is 19.3. The lowest BCUT2D eigenvalue weighted by atomic mass is 9.82. The predicted molar refractivity (Wildman–Crippen MR) is 274 cm³/mol. The molecule has 2 aromatic carbocycles. The van der Waals surface area contributed by atoms with E-state index < -0.39 is 108 Å². The summed E-state index contributed by atoms with van der Waals surface area (Å²) in [7, 11) is 1.85. The van der Waals surface area contributed by atoms with E-state index in [1.807, 2.05) is 10.6 Å². The zero-order chi connectivity index (χ0) is 58.8. The van der Waals surface area contributed by atoms with E-state index in [1.165, 1.54) is 18.2 Å². The Morgan fingerprint density at radius 2 is 1.40 bits per heavy atom. The predicted octanol–water partition coefficient (Wildman–Crippen LogP) is 5.95. The van der Waals surface area contributed by atoms with Gasteiger partial charge in [-0.15, -0.1) is 0 Å². The number of aliphatic hydroxyl groups is 1. The Morgan fingerprint density at radius 3 is 1.94 bits per heavy atom. The van der Waals surface area contributed by atoms with E-state index in [-0.39, 0.29) is 17.3 Å². The van der Waals surface area contributed by atoms with E-state index >= 15 is 8.78 Å². The second-order valence-electron chi connectivity index (χ2n) is 21.8. The topological polar surface area (TPSA) is 218 Å². The number of methoxy groups -OCH3 is 1. The third-order valence-electron chi connectivity index (χ3n) is 15.3. The first-order chi connectivity index (χ1) is 38.2. The summed E-state index contributed by atoms with van der Waals surface area (Å²) in [6.07, 6.45) is -9.73. The Balaban J connectivity index is 1.07. The highest BCUT2D eigenvalue weighted by molar-refractivity contribution is 5.87. The smallest absolute Gasteiger partial charge is 0.407 e. The minimum atomic E-state index is -5.22. The molecule has 5 heterocycles. The van der Waals surface area contributed by atoms with Crippen LogP contribution in [0.25, 0.3) is 11.3 Å². The van der Waals surface area contributed by atoms with Crippen LogP contribution in [0.4, 0.5) is 50.7 Å². The zero-order valence-electron chi connectivity index (χ0n) is 45.1. The Kier molecular flexibility index (Phi) is 17.9. The molecule has 438 valence electrons. The minimum absolute atomic E-state index is 0.000998. The van der Waals surface area contributed by atoms with Crippen LogP contribution >= 0.6 is 0 Å². The Labute approximate surface area is 461 Å². The third kappa shape index (κ3) is 13.8. The van der Waals surface area contributed by atoms with Crippen LogP contribution in [-0.4, -0.2) is 161 Å². The van der Waals surface area contributed by atoms with Gasteiger partial charge >= 0.3 is 24.5 Å². The maximum atomic E-state index is 16.2. The average molecular weight is 1150 g/mol. The van der Waals surface area contributed by atoms with Crippen molar-refractivity contribution >= 4 is 29.9 Å². The maximum Gasteiger partial charge on any atom is 0.407 e. The summed E-state index contributed by atoms with van der Waals surface area (Å²) < 4.78 is 136. The number of alkyl halides is 6. The van der Waals surface area contributed by atoms with Gasteiger partial charge in [-0.1, -0.05) is 24.0 Å². The molecule has 8 rings (SSSR count). The van der Waals surface area contributed by atoms with Gasteiger partial charge in [0.2, 0.25) is 11.9 Å². The van der Waals surface area contributed by atoms with Crippen molar-refractivity contribution in [1.29, 1.82) is 0 Å². The zero-order valence-corrected chi connectivity index (χ0v) is 45.1. The molecule has 1 aliphatic carbocycles. The van der Waals surface area contributed by atoms with E-state index in [4.69, 9.17) is 9.47 Å². The summed E-state index contributed by atoms with van der Waals surface area (Å²) in [4.78, 5) is 66.9. The molecule has 4 amide bonds. The molecule has 0 unspecified atom stereocenters. The summed E-state index contributed by atoms with van der Waals surface area (Å²) in [6, 6.07) is 6.74. The van der Waals surface area contributed by atoms with Gasteiger partial charge in [0.25, 0.3) is 5.91 Å². The molecular formula is C54H63F8N11O8. The number of fused-ring (bicyclic) bond motifs is 2. The molecule has 0 radical (unpaired) electrons. The van der Waals surface area contributed by atoms with E-state index in [0.29, 0.717) is 73.5 Å². The van der Waals surface area contributed by atoms with Crippen molar-refractivity contribution < 1.29 is 73.6 Å². The van der Waals surface area contributed by atoms with E-state index in [2.05, 4.69) is 52.2 Å². The molecule has 4 aliphatic rings. The molecule has 3 aliphatic heterocycles. The minimum Gasteiger partial charge on any atom is -0.453 e. The van der Waals surface area contributed by atoms with Gasteiger partial charge in [-0.2, -0.15) is 31.4 Å². The fourth-order valence-corrected chi connectivity index (χ4v) is 9.91. The number of nitrogens with one attached hydrogen (secondary N) is 4.